The average Bonchev–Trinajstić information content (AvgIpc) is 3.23. The van der Waals surface area contributed by atoms with Gasteiger partial charge in [0, 0.05) is 43.8 Å². The molecule has 0 aliphatic carbocycles. The number of rotatable bonds is 6. The van der Waals surface area contributed by atoms with Crippen molar-refractivity contribution in [3.8, 4) is 0 Å². The van der Waals surface area contributed by atoms with Crippen LogP contribution in [0, 0.1) is 29.8 Å². The van der Waals surface area contributed by atoms with Gasteiger partial charge < -0.3 is 10.6 Å². The second-order valence-corrected chi connectivity index (χ2v) is 7.51. The van der Waals surface area contributed by atoms with Gasteiger partial charge in [-0.2, -0.15) is 0 Å². The molecule has 0 saturated carbocycles. The van der Waals surface area contributed by atoms with Crippen molar-refractivity contribution in [2.75, 3.05) is 18.4 Å². The van der Waals surface area contributed by atoms with E-state index in [1.165, 1.54) is 6.42 Å². The minimum Gasteiger partial charge on any atom is -0.360 e. The maximum atomic E-state index is 14.6. The van der Waals surface area contributed by atoms with Crippen molar-refractivity contribution in [1.82, 2.24) is 20.2 Å². The molecule has 9 heteroatoms. The van der Waals surface area contributed by atoms with Crippen molar-refractivity contribution in [3.63, 3.8) is 0 Å². The number of hydrogen-bond donors (Lipinski definition) is 2. The molecule has 28 heavy (non-hydrogen) atoms. The zero-order valence-electron chi connectivity index (χ0n) is 15.9. The molecule has 0 unspecified atom stereocenters. The van der Waals surface area contributed by atoms with Gasteiger partial charge in [-0.25, -0.2) is 14.4 Å². The fraction of sp³-hybridized carbons (Fsp3) is 0.474. The number of hydrogen-bond acceptors (Lipinski definition) is 7. The van der Waals surface area contributed by atoms with Crippen LogP contribution in [-0.2, 0) is 13.1 Å². The topological polar surface area (TPSA) is 96.2 Å². The van der Waals surface area contributed by atoms with Crippen molar-refractivity contribution in [2.45, 2.75) is 45.4 Å². The summed E-state index contributed by atoms with van der Waals surface area (Å²) in [5, 5.41) is 17.7. The first kappa shape index (κ1) is 18.7. The highest BCUT2D eigenvalue weighted by molar-refractivity contribution is 5.58. The van der Waals surface area contributed by atoms with Crippen LogP contribution in [0.1, 0.15) is 29.1 Å². The predicted octanol–water partition coefficient (Wildman–Crippen LogP) is 2.30. The summed E-state index contributed by atoms with van der Waals surface area (Å²) >= 11 is 0. The Labute approximate surface area is 162 Å². The molecule has 0 amide bonds. The van der Waals surface area contributed by atoms with E-state index in [-0.39, 0.29) is 29.6 Å². The van der Waals surface area contributed by atoms with Gasteiger partial charge in [-0.3, -0.25) is 15.0 Å². The van der Waals surface area contributed by atoms with Crippen molar-refractivity contribution >= 4 is 11.5 Å². The van der Waals surface area contributed by atoms with E-state index >= 15 is 0 Å². The van der Waals surface area contributed by atoms with Gasteiger partial charge in [0.1, 0.15) is 17.3 Å². The standard InChI is InChI=1S/C19H23FN6O2/c1-11-18(26(27)28)19(24-12(2)23-11)22-7-14-4-3-13(5-17(14)20)9-25-10-15-6-16(25)8-21-15/h3-5,15-16,21H,6-10H2,1-2H3,(H,22,23,24)/t15-,16-/m0/s1. The molecule has 2 N–H and O–H groups in total. The third-order valence-electron chi connectivity index (χ3n) is 5.47. The summed E-state index contributed by atoms with van der Waals surface area (Å²) in [6.45, 7) is 6.09. The van der Waals surface area contributed by atoms with Gasteiger partial charge >= 0.3 is 5.69 Å². The van der Waals surface area contributed by atoms with E-state index in [2.05, 4.69) is 25.5 Å². The van der Waals surface area contributed by atoms with Gasteiger partial charge in [0.15, 0.2) is 0 Å². The fourth-order valence-electron chi connectivity index (χ4n) is 4.14. The summed E-state index contributed by atoms with van der Waals surface area (Å²) in [5.41, 5.74) is 1.48. The van der Waals surface area contributed by atoms with Gasteiger partial charge in [0.25, 0.3) is 0 Å². The first-order chi connectivity index (χ1) is 13.4. The zero-order chi connectivity index (χ0) is 19.8. The van der Waals surface area contributed by atoms with E-state index in [1.807, 2.05) is 6.07 Å². The molecule has 2 atom stereocenters. The van der Waals surface area contributed by atoms with Crippen LogP contribution in [0.3, 0.4) is 0 Å². The van der Waals surface area contributed by atoms with Gasteiger partial charge in [0.2, 0.25) is 5.82 Å². The molecule has 2 aliphatic heterocycles. The number of benzene rings is 1. The molecule has 2 aliphatic rings. The SMILES string of the molecule is Cc1nc(C)c([N+](=O)[O-])c(NCc2ccc(CN3C[C@@H]4C[C@H]3CN4)cc2F)n1. The highest BCUT2D eigenvalue weighted by Gasteiger charge is 2.37. The predicted molar refractivity (Wildman–Crippen MR) is 102 cm³/mol. The Morgan fingerprint density at radius 1 is 1.39 bits per heavy atom. The molecular formula is C19H23FN6O2. The molecule has 1 aromatic carbocycles. The van der Waals surface area contributed by atoms with Gasteiger partial charge in [-0.15, -0.1) is 0 Å². The summed E-state index contributed by atoms with van der Waals surface area (Å²) in [7, 11) is 0. The van der Waals surface area contributed by atoms with E-state index in [0.29, 0.717) is 23.5 Å². The van der Waals surface area contributed by atoms with E-state index < -0.39 is 4.92 Å². The Kier molecular flexibility index (Phi) is 4.94. The Balaban J connectivity index is 1.45. The number of aromatic nitrogens is 2. The molecular weight excluding hydrogens is 363 g/mol. The molecule has 4 rings (SSSR count). The van der Waals surface area contributed by atoms with Crippen LogP contribution < -0.4 is 10.6 Å². The third-order valence-corrected chi connectivity index (χ3v) is 5.47. The average molecular weight is 386 g/mol. The molecule has 0 radical (unpaired) electrons. The number of nitrogens with one attached hydrogen (secondary N) is 2. The Morgan fingerprint density at radius 3 is 2.86 bits per heavy atom. The second-order valence-electron chi connectivity index (χ2n) is 7.51. The molecule has 0 spiro atoms. The minimum absolute atomic E-state index is 0.110. The van der Waals surface area contributed by atoms with Crippen LogP contribution in [0.5, 0.6) is 0 Å². The number of anilines is 1. The molecule has 2 saturated heterocycles. The number of aryl methyl sites for hydroxylation is 2. The van der Waals surface area contributed by atoms with Gasteiger partial charge in [-0.1, -0.05) is 12.1 Å². The Morgan fingerprint density at radius 2 is 2.21 bits per heavy atom. The van der Waals surface area contributed by atoms with E-state index in [1.54, 1.807) is 26.0 Å². The number of fused-ring (bicyclic) bond motifs is 2. The van der Waals surface area contributed by atoms with Crippen LogP contribution in [0.25, 0.3) is 0 Å². The second kappa shape index (κ2) is 7.40. The maximum absolute atomic E-state index is 14.6. The molecule has 8 nitrogen and oxygen atoms in total. The highest BCUT2D eigenvalue weighted by Crippen LogP contribution is 2.27. The van der Waals surface area contributed by atoms with Gasteiger partial charge in [0.05, 0.1) is 4.92 Å². The van der Waals surface area contributed by atoms with Crippen molar-refractivity contribution in [3.05, 3.63) is 56.8 Å². The lowest BCUT2D eigenvalue weighted by atomic mass is 10.1. The first-order valence-corrected chi connectivity index (χ1v) is 9.39. The van der Waals surface area contributed by atoms with Crippen molar-refractivity contribution < 1.29 is 9.31 Å². The number of nitrogens with zero attached hydrogens (tertiary/aromatic N) is 4. The third kappa shape index (κ3) is 3.67. The molecule has 2 fully saturated rings. The summed E-state index contributed by atoms with van der Waals surface area (Å²) < 4.78 is 14.6. The zero-order valence-corrected chi connectivity index (χ0v) is 15.9. The minimum atomic E-state index is -0.519. The van der Waals surface area contributed by atoms with Gasteiger partial charge in [-0.05, 0) is 31.9 Å². The fourth-order valence-corrected chi connectivity index (χ4v) is 4.14. The first-order valence-electron chi connectivity index (χ1n) is 9.39. The molecule has 148 valence electrons. The number of nitro groups is 1. The smallest absolute Gasteiger partial charge is 0.332 e. The lowest BCUT2D eigenvalue weighted by Crippen LogP contribution is -2.42. The molecule has 3 heterocycles. The van der Waals surface area contributed by atoms with Crippen molar-refractivity contribution in [1.29, 1.82) is 0 Å². The van der Waals surface area contributed by atoms with Crippen LogP contribution in [0.4, 0.5) is 15.9 Å². The van der Waals surface area contributed by atoms with E-state index in [0.717, 1.165) is 25.2 Å². The van der Waals surface area contributed by atoms with Crippen LogP contribution in [0.15, 0.2) is 18.2 Å². The lowest BCUT2D eigenvalue weighted by molar-refractivity contribution is -0.385. The maximum Gasteiger partial charge on any atom is 0.332 e. The lowest BCUT2D eigenvalue weighted by Gasteiger charge is -2.27. The molecule has 1 aromatic heterocycles. The Bertz CT molecular complexity index is 922. The summed E-state index contributed by atoms with van der Waals surface area (Å²) in [5.74, 6) is 0.215. The molecule has 2 aromatic rings. The number of piperazine rings is 1. The number of likely N-dealkylation sites (tertiary alicyclic amines) is 1. The van der Waals surface area contributed by atoms with Crippen LogP contribution in [-0.4, -0.2) is 45.0 Å². The van der Waals surface area contributed by atoms with E-state index in [4.69, 9.17) is 0 Å². The van der Waals surface area contributed by atoms with E-state index in [9.17, 15) is 14.5 Å². The monoisotopic (exact) mass is 386 g/mol. The normalized spacial score (nSPS) is 21.2. The quantitative estimate of drug-likeness (QED) is 0.581. The van der Waals surface area contributed by atoms with Crippen LogP contribution >= 0.6 is 0 Å². The highest BCUT2D eigenvalue weighted by atomic mass is 19.1. The van der Waals surface area contributed by atoms with Crippen molar-refractivity contribution in [2.24, 2.45) is 0 Å². The summed E-state index contributed by atoms with van der Waals surface area (Å²) in [4.78, 5) is 21.3. The molecule has 2 bridgehead atoms. The van der Waals surface area contributed by atoms with Crippen LogP contribution in [0.2, 0.25) is 0 Å². The largest absolute Gasteiger partial charge is 0.360 e. The summed E-state index contributed by atoms with van der Waals surface area (Å²) in [6.07, 6.45) is 1.17. The Hall–Kier alpha value is -2.65. The number of halogens is 1. The summed E-state index contributed by atoms with van der Waals surface area (Å²) in [6, 6.07) is 6.32.